The second kappa shape index (κ2) is 3.52. The van der Waals surface area contributed by atoms with Crippen LogP contribution < -0.4 is 16.0 Å². The number of alkyl halides is 3. The van der Waals surface area contributed by atoms with E-state index in [1.165, 1.54) is 0 Å². The van der Waals surface area contributed by atoms with Gasteiger partial charge in [0.2, 0.25) is 0 Å². The Kier molecular flexibility index (Phi) is 2.74. The molecule has 0 atom stereocenters. The fourth-order valence-corrected chi connectivity index (χ4v) is 0.999. The molecule has 0 radical (unpaired) electrons. The number of nitrogen functional groups attached to an aromatic ring is 1. The maximum absolute atomic E-state index is 11.7. The summed E-state index contributed by atoms with van der Waals surface area (Å²) in [6.45, 7) is 0. The Labute approximate surface area is 84.0 Å². The highest BCUT2D eigenvalue weighted by atomic mass is 79.9. The van der Waals surface area contributed by atoms with Crippen LogP contribution in [0.2, 0.25) is 0 Å². The van der Waals surface area contributed by atoms with Crippen molar-refractivity contribution in [2.75, 3.05) is 5.73 Å². The summed E-state index contributed by atoms with van der Waals surface area (Å²) in [6, 6.07) is 0.788. The maximum Gasteiger partial charge on any atom is 0.573 e. The molecule has 14 heavy (non-hydrogen) atoms. The molecule has 0 spiro atoms. The first-order valence-corrected chi connectivity index (χ1v) is 4.03. The number of nitrogens with one attached hydrogen (secondary N) is 1. The summed E-state index contributed by atoms with van der Waals surface area (Å²) in [4.78, 5) is 12.9. The van der Waals surface area contributed by atoms with E-state index in [0.717, 1.165) is 6.07 Å². The van der Waals surface area contributed by atoms with Crippen LogP contribution in [0, 0.1) is 0 Å². The first-order chi connectivity index (χ1) is 6.29. The molecule has 0 aliphatic heterocycles. The van der Waals surface area contributed by atoms with E-state index in [0.29, 0.717) is 0 Å². The zero-order valence-electron chi connectivity index (χ0n) is 6.48. The van der Waals surface area contributed by atoms with E-state index in [1.54, 1.807) is 0 Å². The number of halogens is 4. The highest BCUT2D eigenvalue weighted by Crippen LogP contribution is 2.23. The minimum absolute atomic E-state index is 0.0520. The minimum Gasteiger partial charge on any atom is -0.400 e. The lowest BCUT2D eigenvalue weighted by Gasteiger charge is -2.08. The summed E-state index contributed by atoms with van der Waals surface area (Å²) in [5, 5.41) is 0. The van der Waals surface area contributed by atoms with Crippen molar-refractivity contribution in [3.63, 3.8) is 0 Å². The van der Waals surface area contributed by atoms with E-state index in [1.807, 2.05) is 4.98 Å². The number of aromatic nitrogens is 1. The average molecular weight is 273 g/mol. The van der Waals surface area contributed by atoms with Gasteiger partial charge in [0.1, 0.15) is 4.60 Å². The van der Waals surface area contributed by atoms with Crippen molar-refractivity contribution in [3.05, 3.63) is 21.0 Å². The van der Waals surface area contributed by atoms with E-state index in [4.69, 9.17) is 5.73 Å². The lowest BCUT2D eigenvalue weighted by molar-refractivity contribution is -0.275. The third kappa shape index (κ3) is 2.66. The molecule has 1 heterocycles. The van der Waals surface area contributed by atoms with E-state index >= 15 is 0 Å². The van der Waals surface area contributed by atoms with Gasteiger partial charge in [-0.25, -0.2) is 0 Å². The second-order valence-electron chi connectivity index (χ2n) is 2.28. The van der Waals surface area contributed by atoms with E-state index in [9.17, 15) is 18.0 Å². The number of anilines is 1. The average Bonchev–Trinajstić information content (AvgIpc) is 1.97. The summed E-state index contributed by atoms with van der Waals surface area (Å²) in [7, 11) is 0. The van der Waals surface area contributed by atoms with Crippen molar-refractivity contribution >= 4 is 21.6 Å². The summed E-state index contributed by atoms with van der Waals surface area (Å²) >= 11 is 2.84. The summed E-state index contributed by atoms with van der Waals surface area (Å²) < 4.78 is 38.7. The van der Waals surface area contributed by atoms with Crippen molar-refractivity contribution < 1.29 is 17.9 Å². The molecule has 0 aromatic carbocycles. The highest BCUT2D eigenvalue weighted by Gasteiger charge is 2.32. The lowest BCUT2D eigenvalue weighted by Crippen LogP contribution is -2.23. The van der Waals surface area contributed by atoms with Crippen LogP contribution in [0.3, 0.4) is 0 Å². The zero-order valence-corrected chi connectivity index (χ0v) is 8.07. The molecule has 0 aliphatic rings. The Bertz CT molecular complexity index is 401. The van der Waals surface area contributed by atoms with Crippen molar-refractivity contribution in [1.82, 2.24) is 4.98 Å². The smallest absolute Gasteiger partial charge is 0.400 e. The molecule has 0 saturated carbocycles. The van der Waals surface area contributed by atoms with Crippen LogP contribution in [0.4, 0.5) is 18.9 Å². The van der Waals surface area contributed by atoms with Gasteiger partial charge in [-0.3, -0.25) is 4.79 Å². The largest absolute Gasteiger partial charge is 0.573 e. The van der Waals surface area contributed by atoms with Crippen LogP contribution in [0.5, 0.6) is 5.75 Å². The molecule has 0 amide bonds. The number of pyridine rings is 1. The number of hydrogen-bond acceptors (Lipinski definition) is 3. The molecule has 3 N–H and O–H groups in total. The van der Waals surface area contributed by atoms with Crippen LogP contribution >= 0.6 is 15.9 Å². The molecule has 78 valence electrons. The third-order valence-corrected chi connectivity index (χ3v) is 1.87. The number of hydrogen-bond donors (Lipinski definition) is 2. The van der Waals surface area contributed by atoms with Crippen LogP contribution in [0.15, 0.2) is 15.5 Å². The van der Waals surface area contributed by atoms with Crippen molar-refractivity contribution in [1.29, 1.82) is 0 Å². The van der Waals surface area contributed by atoms with E-state index < -0.39 is 17.7 Å². The van der Waals surface area contributed by atoms with Crippen LogP contribution in [0.1, 0.15) is 0 Å². The summed E-state index contributed by atoms with van der Waals surface area (Å²) in [6.07, 6.45) is -4.91. The number of rotatable bonds is 1. The van der Waals surface area contributed by atoms with Gasteiger partial charge in [0.15, 0.2) is 5.75 Å². The van der Waals surface area contributed by atoms with Gasteiger partial charge in [-0.15, -0.1) is 13.2 Å². The van der Waals surface area contributed by atoms with Crippen molar-refractivity contribution in [3.8, 4) is 5.75 Å². The van der Waals surface area contributed by atoms with Gasteiger partial charge in [0.25, 0.3) is 5.56 Å². The topological polar surface area (TPSA) is 68.1 Å². The Hall–Kier alpha value is -1.18. The predicted octanol–water partition coefficient (Wildman–Crippen LogP) is 1.62. The molecule has 0 unspecified atom stereocenters. The molecule has 1 aromatic rings. The second-order valence-corrected chi connectivity index (χ2v) is 3.07. The molecule has 0 bridgehead atoms. The van der Waals surface area contributed by atoms with Crippen LogP contribution in [-0.4, -0.2) is 11.3 Å². The fraction of sp³-hybridized carbons (Fsp3) is 0.167. The molecule has 0 aliphatic carbocycles. The first kappa shape index (κ1) is 10.9. The van der Waals surface area contributed by atoms with Gasteiger partial charge < -0.3 is 15.5 Å². The molecule has 0 saturated heterocycles. The molecule has 1 aromatic heterocycles. The van der Waals surface area contributed by atoms with Gasteiger partial charge in [-0.2, -0.15) is 0 Å². The fourth-order valence-electron chi connectivity index (χ4n) is 0.704. The first-order valence-electron chi connectivity index (χ1n) is 3.23. The number of nitrogens with two attached hydrogens (primary N) is 1. The Morgan fingerprint density at radius 2 is 2.07 bits per heavy atom. The number of ether oxygens (including phenoxy) is 1. The predicted molar refractivity (Wildman–Crippen MR) is 45.9 cm³/mol. The van der Waals surface area contributed by atoms with Gasteiger partial charge in [-0.1, -0.05) is 0 Å². The maximum atomic E-state index is 11.7. The van der Waals surface area contributed by atoms with E-state index in [2.05, 4.69) is 20.7 Å². The minimum atomic E-state index is -4.91. The third-order valence-electron chi connectivity index (χ3n) is 1.21. The van der Waals surface area contributed by atoms with E-state index in [-0.39, 0.29) is 10.3 Å². The summed E-state index contributed by atoms with van der Waals surface area (Å²) in [5.74, 6) is -0.891. The Morgan fingerprint density at radius 3 is 2.57 bits per heavy atom. The zero-order chi connectivity index (χ0) is 10.9. The lowest BCUT2D eigenvalue weighted by atomic mass is 10.4. The molecule has 1 rings (SSSR count). The summed E-state index contributed by atoms with van der Waals surface area (Å²) in [5.41, 5.74) is 4.18. The molecule has 4 nitrogen and oxygen atoms in total. The molecular weight excluding hydrogens is 269 g/mol. The van der Waals surface area contributed by atoms with Gasteiger partial charge in [0.05, 0.1) is 5.69 Å². The molecule has 0 fully saturated rings. The van der Waals surface area contributed by atoms with Gasteiger partial charge >= 0.3 is 6.36 Å². The SMILES string of the molecule is Nc1cc(OC(F)(F)F)c(=O)[nH]c1Br. The number of H-pyrrole nitrogens is 1. The van der Waals surface area contributed by atoms with Gasteiger partial charge in [0, 0.05) is 6.07 Å². The highest BCUT2D eigenvalue weighted by molar-refractivity contribution is 9.10. The standard InChI is InChI=1S/C6H4BrF3N2O2/c7-4-2(11)1-3(5(13)12-4)14-6(8,9)10/h1H,11H2,(H,12,13). The monoisotopic (exact) mass is 272 g/mol. The van der Waals surface area contributed by atoms with Crippen LogP contribution in [0.25, 0.3) is 0 Å². The number of aromatic amines is 1. The Morgan fingerprint density at radius 1 is 1.50 bits per heavy atom. The van der Waals surface area contributed by atoms with Crippen molar-refractivity contribution in [2.45, 2.75) is 6.36 Å². The van der Waals surface area contributed by atoms with Gasteiger partial charge in [-0.05, 0) is 15.9 Å². The Balaban J connectivity index is 3.11. The molecule has 8 heteroatoms. The normalized spacial score (nSPS) is 11.4. The quantitative estimate of drug-likeness (QED) is 0.764. The van der Waals surface area contributed by atoms with Crippen molar-refractivity contribution in [2.24, 2.45) is 0 Å². The van der Waals surface area contributed by atoms with Crippen LogP contribution in [-0.2, 0) is 0 Å². The molecular formula is C6H4BrF3N2O2.